The zero-order valence-corrected chi connectivity index (χ0v) is 11.7. The van der Waals surface area contributed by atoms with Gasteiger partial charge in [0.25, 0.3) is 0 Å². The van der Waals surface area contributed by atoms with Gasteiger partial charge in [0.15, 0.2) is 9.87 Å². The maximum Gasteiger partial charge on any atom is 0.152 e. The summed E-state index contributed by atoms with van der Waals surface area (Å²) in [6, 6.07) is 0. The number of ether oxygens (including phenoxy) is 1. The molecule has 2 fully saturated rings. The molecule has 0 aromatic carbocycles. The van der Waals surface area contributed by atoms with Crippen LogP contribution < -0.4 is 0 Å². The fourth-order valence-corrected chi connectivity index (χ4v) is 6.84. The van der Waals surface area contributed by atoms with Gasteiger partial charge in [0.05, 0.1) is 4.08 Å². The van der Waals surface area contributed by atoms with Crippen LogP contribution in [0.4, 0.5) is 0 Å². The Hall–Kier alpha value is 1.01. The zero-order valence-electron chi connectivity index (χ0n) is 9.25. The molecule has 0 saturated carbocycles. The van der Waals surface area contributed by atoms with E-state index in [0.717, 1.165) is 0 Å². The first-order chi connectivity index (χ1) is 6.43. The zero-order chi connectivity index (χ0) is 10.4. The van der Waals surface area contributed by atoms with Gasteiger partial charge in [0.1, 0.15) is 0 Å². The molecule has 0 spiro atoms. The molecule has 0 amide bonds. The molecule has 2 rings (SSSR count). The third-order valence-electron chi connectivity index (χ3n) is 2.80. The highest BCUT2D eigenvalue weighted by atomic mass is 32.2. The van der Waals surface area contributed by atoms with Crippen LogP contribution in [0.3, 0.4) is 0 Å². The van der Waals surface area contributed by atoms with Crippen LogP contribution in [0.25, 0.3) is 0 Å². The smallest absolute Gasteiger partial charge is 0.152 e. The number of hydrogen-bond donors (Lipinski definition) is 0. The number of rotatable bonds is 3. The molecule has 4 heteroatoms. The molecule has 0 radical (unpaired) electrons. The van der Waals surface area contributed by atoms with Crippen molar-refractivity contribution >= 4 is 35.3 Å². The number of hydrogen-bond acceptors (Lipinski definition) is 4. The Morgan fingerprint density at radius 1 is 1.29 bits per heavy atom. The summed E-state index contributed by atoms with van der Waals surface area (Å²) in [6.45, 7) is 9.05. The quantitative estimate of drug-likeness (QED) is 0.706. The molecule has 2 saturated heterocycles. The minimum atomic E-state index is 0.0748. The summed E-state index contributed by atoms with van der Waals surface area (Å²) in [6.07, 6.45) is 1.26. The van der Waals surface area contributed by atoms with E-state index in [4.69, 9.17) is 4.74 Å². The Balaban J connectivity index is 1.97. The number of epoxide rings is 1. The average Bonchev–Trinajstić information content (AvgIpc) is 2.64. The third-order valence-corrected chi connectivity index (χ3v) is 8.45. The van der Waals surface area contributed by atoms with Crippen molar-refractivity contribution < 1.29 is 4.74 Å². The molecule has 0 aliphatic carbocycles. The maximum atomic E-state index is 5.84. The molecule has 0 aromatic rings. The van der Waals surface area contributed by atoms with Gasteiger partial charge in [0.2, 0.25) is 0 Å². The van der Waals surface area contributed by atoms with E-state index >= 15 is 0 Å². The molecule has 2 aliphatic rings. The molecule has 82 valence electrons. The molecule has 0 N–H and O–H groups in total. The molecule has 2 aliphatic heterocycles. The summed E-state index contributed by atoms with van der Waals surface area (Å²) in [7, 11) is 0. The first kappa shape index (κ1) is 11.5. The van der Waals surface area contributed by atoms with Crippen molar-refractivity contribution in [3.05, 3.63) is 0 Å². The van der Waals surface area contributed by atoms with Crippen LogP contribution in [0.2, 0.25) is 0 Å². The Kier molecular flexibility index (Phi) is 2.88. The Labute approximate surface area is 99.5 Å². The van der Waals surface area contributed by atoms with Gasteiger partial charge in [-0.3, -0.25) is 0 Å². The molecule has 14 heavy (non-hydrogen) atoms. The predicted octanol–water partition coefficient (Wildman–Crippen LogP) is 3.79. The highest BCUT2D eigenvalue weighted by Crippen LogP contribution is 2.70. The summed E-state index contributed by atoms with van der Waals surface area (Å²) in [5, 5.41) is 0. The summed E-state index contributed by atoms with van der Waals surface area (Å²) in [5.41, 5.74) is 0. The van der Waals surface area contributed by atoms with Crippen LogP contribution >= 0.6 is 35.3 Å². The lowest BCUT2D eigenvalue weighted by Crippen LogP contribution is -2.33. The lowest BCUT2D eigenvalue weighted by Gasteiger charge is -2.35. The van der Waals surface area contributed by atoms with E-state index in [1.165, 1.54) is 17.9 Å². The second kappa shape index (κ2) is 3.51. The molecule has 1 nitrogen and oxygen atoms in total. The van der Waals surface area contributed by atoms with Gasteiger partial charge in [-0.1, -0.05) is 6.92 Å². The molecular formula is C10H18OS3. The van der Waals surface area contributed by atoms with Gasteiger partial charge < -0.3 is 4.74 Å². The van der Waals surface area contributed by atoms with Crippen molar-refractivity contribution in [2.75, 3.05) is 11.5 Å². The highest BCUT2D eigenvalue weighted by Gasteiger charge is 2.70. The van der Waals surface area contributed by atoms with Crippen LogP contribution in [0.1, 0.15) is 34.1 Å². The monoisotopic (exact) mass is 250 g/mol. The van der Waals surface area contributed by atoms with Crippen molar-refractivity contribution in [3.63, 3.8) is 0 Å². The van der Waals surface area contributed by atoms with Crippen molar-refractivity contribution in [2.24, 2.45) is 0 Å². The molecule has 0 bridgehead atoms. The third kappa shape index (κ3) is 1.83. The standard InChI is InChI=1S/C10H18OS3/c1-5-6-12-8(2)7-13-9(3)10(4,11-9)14-8/h5-7H2,1-4H3. The summed E-state index contributed by atoms with van der Waals surface area (Å²) >= 11 is 6.10. The first-order valence-corrected chi connectivity index (χ1v) is 7.90. The van der Waals surface area contributed by atoms with Crippen LogP contribution in [-0.4, -0.2) is 25.5 Å². The summed E-state index contributed by atoms with van der Waals surface area (Å²) in [5.74, 6) is 2.46. The van der Waals surface area contributed by atoms with Crippen LogP contribution in [0, 0.1) is 0 Å². The molecule has 0 aromatic heterocycles. The minimum Gasteiger partial charge on any atom is -0.340 e. The van der Waals surface area contributed by atoms with Crippen LogP contribution in [0.15, 0.2) is 0 Å². The molecule has 2 heterocycles. The van der Waals surface area contributed by atoms with Gasteiger partial charge in [-0.15, -0.1) is 35.3 Å². The molecular weight excluding hydrogens is 232 g/mol. The van der Waals surface area contributed by atoms with Gasteiger partial charge >= 0.3 is 0 Å². The van der Waals surface area contributed by atoms with Crippen molar-refractivity contribution in [1.82, 2.24) is 0 Å². The fraction of sp³-hybridized carbons (Fsp3) is 1.00. The van der Waals surface area contributed by atoms with Crippen LogP contribution in [-0.2, 0) is 4.74 Å². The second-order valence-electron chi connectivity index (χ2n) is 4.37. The number of fused-ring (bicyclic) bond motifs is 1. The van der Waals surface area contributed by atoms with Crippen LogP contribution in [0.5, 0.6) is 0 Å². The van der Waals surface area contributed by atoms with Crippen molar-refractivity contribution in [3.8, 4) is 0 Å². The largest absolute Gasteiger partial charge is 0.340 e. The lowest BCUT2D eigenvalue weighted by atomic mass is 10.4. The van der Waals surface area contributed by atoms with E-state index in [0.29, 0.717) is 4.08 Å². The topological polar surface area (TPSA) is 12.5 Å². The summed E-state index contributed by atoms with van der Waals surface area (Å²) in [4.78, 5) is 0.176. The predicted molar refractivity (Wildman–Crippen MR) is 69.1 cm³/mol. The Bertz CT molecular complexity index is 248. The first-order valence-electron chi connectivity index (χ1n) is 5.11. The lowest BCUT2D eigenvalue weighted by molar-refractivity contribution is 0.361. The van der Waals surface area contributed by atoms with Gasteiger partial charge in [0, 0.05) is 5.75 Å². The van der Waals surface area contributed by atoms with Gasteiger partial charge in [-0.05, 0) is 32.9 Å². The van der Waals surface area contributed by atoms with Crippen molar-refractivity contribution in [2.45, 2.75) is 48.1 Å². The van der Waals surface area contributed by atoms with Gasteiger partial charge in [-0.2, -0.15) is 0 Å². The molecule has 3 unspecified atom stereocenters. The minimum absolute atomic E-state index is 0.0748. The normalized spacial score (nSPS) is 51.4. The second-order valence-corrected chi connectivity index (χ2v) is 9.46. The molecule has 3 atom stereocenters. The van der Waals surface area contributed by atoms with E-state index in [-0.39, 0.29) is 9.87 Å². The van der Waals surface area contributed by atoms with E-state index in [2.05, 4.69) is 39.5 Å². The number of thioether (sulfide) groups is 3. The maximum absolute atomic E-state index is 5.84. The van der Waals surface area contributed by atoms with E-state index in [1.807, 2.05) is 23.5 Å². The van der Waals surface area contributed by atoms with Crippen molar-refractivity contribution in [1.29, 1.82) is 0 Å². The van der Waals surface area contributed by atoms with E-state index in [1.54, 1.807) is 0 Å². The van der Waals surface area contributed by atoms with Gasteiger partial charge in [-0.25, -0.2) is 0 Å². The fourth-order valence-electron chi connectivity index (χ4n) is 1.72. The average molecular weight is 250 g/mol. The SMILES string of the molecule is CCCSC1(C)CSC2(C)OC2(C)S1. The van der Waals surface area contributed by atoms with E-state index in [9.17, 15) is 0 Å². The Morgan fingerprint density at radius 3 is 2.57 bits per heavy atom. The van der Waals surface area contributed by atoms with E-state index < -0.39 is 0 Å². The Morgan fingerprint density at radius 2 is 2.00 bits per heavy atom. The summed E-state index contributed by atoms with van der Waals surface area (Å²) < 4.78 is 6.19. The highest BCUT2D eigenvalue weighted by molar-refractivity contribution is 8.21.